The highest BCUT2D eigenvalue weighted by molar-refractivity contribution is 7.80. The number of thiocarbonyl (C=S) groups is 1. The van der Waals surface area contributed by atoms with Crippen molar-refractivity contribution < 1.29 is 19.1 Å². The van der Waals surface area contributed by atoms with E-state index in [1.807, 2.05) is 24.3 Å². The first kappa shape index (κ1) is 26.7. The number of carbonyl (C=O) groups excluding carboxylic acids is 2. The van der Waals surface area contributed by atoms with E-state index in [4.69, 9.17) is 21.7 Å². The molecule has 0 saturated heterocycles. The van der Waals surface area contributed by atoms with E-state index < -0.39 is 0 Å². The van der Waals surface area contributed by atoms with Gasteiger partial charge in [-0.1, -0.05) is 62.6 Å². The molecule has 0 heterocycles. The van der Waals surface area contributed by atoms with Crippen LogP contribution in [-0.2, 0) is 4.79 Å². The third kappa shape index (κ3) is 9.03. The fourth-order valence-electron chi connectivity index (χ4n) is 3.36. The highest BCUT2D eigenvalue weighted by Crippen LogP contribution is 2.19. The number of hydrogen-bond acceptors (Lipinski definition) is 5. The van der Waals surface area contributed by atoms with Gasteiger partial charge in [-0.25, -0.2) is 0 Å². The fourth-order valence-corrected chi connectivity index (χ4v) is 3.57. The van der Waals surface area contributed by atoms with Crippen LogP contribution in [0.3, 0.4) is 0 Å². The van der Waals surface area contributed by atoms with Crippen molar-refractivity contribution in [2.45, 2.75) is 32.6 Å². The Hall–Kier alpha value is -3.91. The quantitative estimate of drug-likeness (QED) is 0.213. The lowest BCUT2D eigenvalue weighted by molar-refractivity contribution is -0.118. The number of unbranched alkanes of at least 4 members (excludes halogenated alkanes) is 3. The van der Waals surface area contributed by atoms with Gasteiger partial charge in [-0.15, -0.1) is 0 Å². The third-order valence-electron chi connectivity index (χ3n) is 5.13. The molecule has 0 fully saturated rings. The molecule has 0 unspecified atom stereocenters. The molecule has 0 spiro atoms. The monoisotopic (exact) mass is 505 g/mol. The predicted octanol–water partition coefficient (Wildman–Crippen LogP) is 5.79. The second-order valence-corrected chi connectivity index (χ2v) is 8.45. The maximum atomic E-state index is 12.8. The normalized spacial score (nSPS) is 10.2. The summed E-state index contributed by atoms with van der Waals surface area (Å²) in [7, 11) is 0. The van der Waals surface area contributed by atoms with E-state index in [1.165, 1.54) is 0 Å². The Kier molecular flexibility index (Phi) is 10.7. The van der Waals surface area contributed by atoms with Gasteiger partial charge < -0.3 is 20.1 Å². The highest BCUT2D eigenvalue weighted by atomic mass is 32.1. The Morgan fingerprint density at radius 2 is 1.53 bits per heavy atom. The van der Waals surface area contributed by atoms with Gasteiger partial charge in [0.15, 0.2) is 11.7 Å². The molecular formula is C28H31N3O4S. The number of carbonyl (C=O) groups is 2. The number of ether oxygens (including phenoxy) is 2. The average Bonchev–Trinajstić information content (AvgIpc) is 2.88. The van der Waals surface area contributed by atoms with Crippen LogP contribution in [0.2, 0.25) is 0 Å². The van der Waals surface area contributed by atoms with Gasteiger partial charge in [0.25, 0.3) is 11.8 Å². The van der Waals surface area contributed by atoms with Crippen LogP contribution < -0.4 is 25.4 Å². The van der Waals surface area contributed by atoms with E-state index in [0.717, 1.165) is 25.7 Å². The largest absolute Gasteiger partial charge is 0.493 e. The topological polar surface area (TPSA) is 88.7 Å². The summed E-state index contributed by atoms with van der Waals surface area (Å²) in [5.41, 5.74) is 1.59. The van der Waals surface area contributed by atoms with E-state index in [0.29, 0.717) is 35.0 Å². The zero-order chi connectivity index (χ0) is 25.6. The summed E-state index contributed by atoms with van der Waals surface area (Å²) in [6.45, 7) is 2.60. The first-order chi connectivity index (χ1) is 17.5. The summed E-state index contributed by atoms with van der Waals surface area (Å²) in [4.78, 5) is 25.0. The van der Waals surface area contributed by atoms with Crippen molar-refractivity contribution in [3.63, 3.8) is 0 Å². The molecular weight excluding hydrogens is 474 g/mol. The SMILES string of the molecule is CCCCCCOc1ccccc1C(=O)NC(=S)Nc1cccc(NC(=O)COc2ccccc2)c1. The summed E-state index contributed by atoms with van der Waals surface area (Å²) in [6.07, 6.45) is 4.35. The van der Waals surface area contributed by atoms with E-state index in [9.17, 15) is 9.59 Å². The molecule has 0 radical (unpaired) electrons. The Morgan fingerprint density at radius 1 is 0.806 bits per heavy atom. The van der Waals surface area contributed by atoms with E-state index in [2.05, 4.69) is 22.9 Å². The minimum absolute atomic E-state index is 0.115. The predicted molar refractivity (Wildman–Crippen MR) is 147 cm³/mol. The van der Waals surface area contributed by atoms with E-state index in [-0.39, 0.29) is 23.5 Å². The Balaban J connectivity index is 1.50. The summed E-state index contributed by atoms with van der Waals surface area (Å²) < 4.78 is 11.3. The number of anilines is 2. The smallest absolute Gasteiger partial charge is 0.262 e. The lowest BCUT2D eigenvalue weighted by Crippen LogP contribution is -2.34. The molecule has 0 bridgehead atoms. The molecule has 2 amide bonds. The van der Waals surface area contributed by atoms with Crippen molar-refractivity contribution in [2.75, 3.05) is 23.8 Å². The molecule has 8 heteroatoms. The lowest BCUT2D eigenvalue weighted by Gasteiger charge is -2.14. The standard InChI is InChI=1S/C28H31N3O4S/c1-2-3-4-10-18-34-25-17-9-8-16-24(25)27(33)31-28(36)30-22-13-11-12-21(19-22)29-26(32)20-35-23-14-6-5-7-15-23/h5-9,11-17,19H,2-4,10,18,20H2,1H3,(H,29,32)(H2,30,31,33,36). The molecule has 3 N–H and O–H groups in total. The minimum Gasteiger partial charge on any atom is -0.493 e. The van der Waals surface area contributed by atoms with Gasteiger partial charge in [0.1, 0.15) is 11.5 Å². The van der Waals surface area contributed by atoms with E-state index >= 15 is 0 Å². The number of para-hydroxylation sites is 2. The van der Waals surface area contributed by atoms with Crippen molar-refractivity contribution in [3.8, 4) is 11.5 Å². The maximum absolute atomic E-state index is 12.8. The molecule has 0 aromatic heterocycles. The third-order valence-corrected chi connectivity index (χ3v) is 5.34. The number of benzene rings is 3. The molecule has 3 aromatic rings. The zero-order valence-electron chi connectivity index (χ0n) is 20.3. The zero-order valence-corrected chi connectivity index (χ0v) is 21.1. The second-order valence-electron chi connectivity index (χ2n) is 8.04. The highest BCUT2D eigenvalue weighted by Gasteiger charge is 2.14. The van der Waals surface area contributed by atoms with Gasteiger partial charge in [0.2, 0.25) is 0 Å². The number of rotatable bonds is 12. The summed E-state index contributed by atoms with van der Waals surface area (Å²) in [5.74, 6) is 0.488. The average molecular weight is 506 g/mol. The summed E-state index contributed by atoms with van der Waals surface area (Å²) >= 11 is 5.33. The van der Waals surface area contributed by atoms with Gasteiger partial charge >= 0.3 is 0 Å². The van der Waals surface area contributed by atoms with Gasteiger partial charge in [-0.05, 0) is 61.1 Å². The Bertz CT molecular complexity index is 1150. The van der Waals surface area contributed by atoms with Crippen molar-refractivity contribution in [3.05, 3.63) is 84.4 Å². The van der Waals surface area contributed by atoms with Crippen LogP contribution in [0.1, 0.15) is 43.0 Å². The number of nitrogens with one attached hydrogen (secondary N) is 3. The van der Waals surface area contributed by atoms with Crippen molar-refractivity contribution in [1.29, 1.82) is 0 Å². The van der Waals surface area contributed by atoms with Crippen LogP contribution in [0, 0.1) is 0 Å². The van der Waals surface area contributed by atoms with Gasteiger partial charge in [-0.2, -0.15) is 0 Å². The molecule has 0 aliphatic rings. The molecule has 3 aromatic carbocycles. The molecule has 3 rings (SSSR count). The fraction of sp³-hybridized carbons (Fsp3) is 0.250. The Morgan fingerprint density at radius 3 is 2.31 bits per heavy atom. The molecule has 0 atom stereocenters. The first-order valence-electron chi connectivity index (χ1n) is 12.0. The van der Waals surface area contributed by atoms with Gasteiger partial charge in [-0.3, -0.25) is 14.9 Å². The van der Waals surface area contributed by atoms with Crippen LogP contribution in [-0.4, -0.2) is 30.1 Å². The van der Waals surface area contributed by atoms with E-state index in [1.54, 1.807) is 54.6 Å². The minimum atomic E-state index is -0.362. The molecule has 0 aliphatic carbocycles. The van der Waals surface area contributed by atoms with Crippen molar-refractivity contribution in [1.82, 2.24) is 5.32 Å². The van der Waals surface area contributed by atoms with Crippen LogP contribution in [0.15, 0.2) is 78.9 Å². The van der Waals surface area contributed by atoms with Gasteiger partial charge in [0, 0.05) is 11.4 Å². The Labute approximate surface area is 217 Å². The molecule has 188 valence electrons. The van der Waals surface area contributed by atoms with Crippen LogP contribution in [0.25, 0.3) is 0 Å². The molecule has 36 heavy (non-hydrogen) atoms. The van der Waals surface area contributed by atoms with Crippen molar-refractivity contribution >= 4 is 40.5 Å². The summed E-state index contributed by atoms with van der Waals surface area (Å²) in [5, 5.41) is 8.58. The number of hydrogen-bond donors (Lipinski definition) is 3. The first-order valence-corrected chi connectivity index (χ1v) is 12.4. The van der Waals surface area contributed by atoms with Crippen molar-refractivity contribution in [2.24, 2.45) is 0 Å². The number of amides is 2. The second kappa shape index (κ2) is 14.5. The molecule has 0 saturated carbocycles. The van der Waals surface area contributed by atoms with Crippen LogP contribution >= 0.6 is 12.2 Å². The summed E-state index contributed by atoms with van der Waals surface area (Å²) in [6, 6.07) is 23.2. The molecule has 7 nitrogen and oxygen atoms in total. The lowest BCUT2D eigenvalue weighted by atomic mass is 10.2. The van der Waals surface area contributed by atoms with Gasteiger partial charge in [0.05, 0.1) is 12.2 Å². The van der Waals surface area contributed by atoms with Crippen LogP contribution in [0.5, 0.6) is 11.5 Å². The maximum Gasteiger partial charge on any atom is 0.262 e. The van der Waals surface area contributed by atoms with Crippen LogP contribution in [0.4, 0.5) is 11.4 Å². The molecule has 0 aliphatic heterocycles.